The highest BCUT2D eigenvalue weighted by Crippen LogP contribution is 2.17. The summed E-state index contributed by atoms with van der Waals surface area (Å²) >= 11 is 0. The van der Waals surface area contributed by atoms with Crippen LogP contribution in [0.3, 0.4) is 0 Å². The van der Waals surface area contributed by atoms with Crippen molar-refractivity contribution in [2.75, 3.05) is 13.2 Å². The number of unbranched alkanes of at least 4 members (excludes halogenated alkanes) is 45. The molecule has 0 bridgehead atoms. The van der Waals surface area contributed by atoms with Crippen molar-refractivity contribution in [3.63, 3.8) is 0 Å². The Morgan fingerprint density at radius 3 is 0.550 bits per heavy atom. The second kappa shape index (κ2) is 54.1. The van der Waals surface area contributed by atoms with Crippen LogP contribution in [0.25, 0.3) is 0 Å². The maximum Gasteiger partial charge on any atom is 0.305 e. The standard InChI is InChI=1S/C56H110O4/c1-3-5-7-9-11-13-15-17-19-21-23-25-27-29-31-33-37-41-45-49-53-59-55(57)51-47-43-39-35-36-40-44-48-52-56(58)60-54-50-46-42-38-34-32-30-28-26-24-22-20-18-16-14-12-10-8-6-4-2/h3-54H2,1-2H3. The SMILES string of the molecule is CCCCCCCCCCCCCCCCCCCCCCOC(=O)CCCCCCCCCCC(=O)OCCCCCCCCCCCCCCCCCCCCCC. The molecule has 0 fully saturated rings. The monoisotopic (exact) mass is 847 g/mol. The molecule has 0 aliphatic carbocycles. The molecule has 358 valence electrons. The van der Waals surface area contributed by atoms with E-state index in [2.05, 4.69) is 13.8 Å². The number of carbonyl (C=O) groups is 2. The van der Waals surface area contributed by atoms with Crippen LogP contribution in [0, 0.1) is 0 Å². The number of hydrogen-bond donors (Lipinski definition) is 0. The molecule has 0 aromatic heterocycles. The van der Waals surface area contributed by atoms with E-state index in [9.17, 15) is 9.59 Å². The average Bonchev–Trinajstić information content (AvgIpc) is 3.25. The summed E-state index contributed by atoms with van der Waals surface area (Å²) in [7, 11) is 0. The molecule has 0 saturated carbocycles. The first kappa shape index (κ1) is 58.9. The Balaban J connectivity index is 3.22. The van der Waals surface area contributed by atoms with Gasteiger partial charge >= 0.3 is 11.9 Å². The van der Waals surface area contributed by atoms with Gasteiger partial charge < -0.3 is 9.47 Å². The van der Waals surface area contributed by atoms with E-state index in [1.165, 1.54) is 270 Å². The molecule has 0 aromatic carbocycles. The molecule has 0 spiro atoms. The second-order valence-electron chi connectivity index (χ2n) is 19.2. The first-order valence-corrected chi connectivity index (χ1v) is 28.0. The summed E-state index contributed by atoms with van der Waals surface area (Å²) in [6.45, 7) is 5.80. The summed E-state index contributed by atoms with van der Waals surface area (Å²) in [6, 6.07) is 0. The van der Waals surface area contributed by atoms with Gasteiger partial charge in [-0.25, -0.2) is 0 Å². The quantitative estimate of drug-likeness (QED) is 0.0452. The van der Waals surface area contributed by atoms with E-state index in [1.54, 1.807) is 0 Å². The lowest BCUT2D eigenvalue weighted by Gasteiger charge is -2.06. The van der Waals surface area contributed by atoms with E-state index in [-0.39, 0.29) is 11.9 Å². The molecule has 0 N–H and O–H groups in total. The van der Waals surface area contributed by atoms with Crippen molar-refractivity contribution in [3.8, 4) is 0 Å². The topological polar surface area (TPSA) is 52.6 Å². The highest BCUT2D eigenvalue weighted by Gasteiger charge is 2.05. The smallest absolute Gasteiger partial charge is 0.305 e. The third kappa shape index (κ3) is 53.1. The largest absolute Gasteiger partial charge is 0.466 e. The van der Waals surface area contributed by atoms with Crippen molar-refractivity contribution in [2.45, 2.75) is 335 Å². The first-order chi connectivity index (χ1) is 29.7. The van der Waals surface area contributed by atoms with Crippen LogP contribution in [0.5, 0.6) is 0 Å². The van der Waals surface area contributed by atoms with Gasteiger partial charge in [-0.15, -0.1) is 0 Å². The van der Waals surface area contributed by atoms with E-state index >= 15 is 0 Å². The Hall–Kier alpha value is -1.06. The lowest BCUT2D eigenvalue weighted by Crippen LogP contribution is -2.05. The molecular formula is C56H110O4. The summed E-state index contributed by atoms with van der Waals surface area (Å²) in [5.74, 6) is -0.0180. The summed E-state index contributed by atoms with van der Waals surface area (Å²) in [5, 5.41) is 0. The van der Waals surface area contributed by atoms with Gasteiger partial charge in [-0.3, -0.25) is 9.59 Å². The van der Waals surface area contributed by atoms with Crippen LogP contribution in [0.15, 0.2) is 0 Å². The van der Waals surface area contributed by atoms with Crippen LogP contribution < -0.4 is 0 Å². The van der Waals surface area contributed by atoms with Crippen LogP contribution in [0.2, 0.25) is 0 Å². The molecule has 0 unspecified atom stereocenters. The van der Waals surface area contributed by atoms with E-state index in [0.717, 1.165) is 38.5 Å². The Morgan fingerprint density at radius 1 is 0.217 bits per heavy atom. The Kier molecular flexibility index (Phi) is 53.1. The summed E-state index contributed by atoms with van der Waals surface area (Å²) in [6.07, 6.45) is 65.4. The number of carbonyl (C=O) groups excluding carboxylic acids is 2. The van der Waals surface area contributed by atoms with Crippen LogP contribution in [-0.2, 0) is 19.1 Å². The van der Waals surface area contributed by atoms with E-state index in [1.807, 2.05) is 0 Å². The minimum Gasteiger partial charge on any atom is -0.466 e. The number of hydrogen-bond acceptors (Lipinski definition) is 4. The van der Waals surface area contributed by atoms with Gasteiger partial charge in [-0.2, -0.15) is 0 Å². The number of rotatable bonds is 53. The molecule has 0 aliphatic heterocycles. The molecule has 60 heavy (non-hydrogen) atoms. The van der Waals surface area contributed by atoms with Crippen molar-refractivity contribution < 1.29 is 19.1 Å². The lowest BCUT2D eigenvalue weighted by atomic mass is 10.0. The fourth-order valence-electron chi connectivity index (χ4n) is 8.83. The van der Waals surface area contributed by atoms with Gasteiger partial charge in [-0.1, -0.05) is 296 Å². The van der Waals surface area contributed by atoms with Crippen molar-refractivity contribution in [1.82, 2.24) is 0 Å². The van der Waals surface area contributed by atoms with E-state index < -0.39 is 0 Å². The van der Waals surface area contributed by atoms with Gasteiger partial charge in [-0.05, 0) is 25.7 Å². The fourth-order valence-corrected chi connectivity index (χ4v) is 8.83. The highest BCUT2D eigenvalue weighted by atomic mass is 16.5. The van der Waals surface area contributed by atoms with Crippen LogP contribution >= 0.6 is 0 Å². The van der Waals surface area contributed by atoms with Crippen molar-refractivity contribution >= 4 is 11.9 Å². The lowest BCUT2D eigenvalue weighted by molar-refractivity contribution is -0.144. The van der Waals surface area contributed by atoms with E-state index in [0.29, 0.717) is 26.1 Å². The maximum absolute atomic E-state index is 12.1. The number of esters is 2. The zero-order valence-electron chi connectivity index (χ0n) is 41.4. The van der Waals surface area contributed by atoms with Crippen LogP contribution in [0.4, 0.5) is 0 Å². The van der Waals surface area contributed by atoms with Crippen molar-refractivity contribution in [2.24, 2.45) is 0 Å². The summed E-state index contributed by atoms with van der Waals surface area (Å²) < 4.78 is 11.0. The average molecular weight is 847 g/mol. The Bertz CT molecular complexity index is 745. The van der Waals surface area contributed by atoms with Gasteiger partial charge in [0.25, 0.3) is 0 Å². The highest BCUT2D eigenvalue weighted by molar-refractivity contribution is 5.69. The molecule has 0 aromatic rings. The molecule has 0 rings (SSSR count). The molecule has 0 radical (unpaired) electrons. The second-order valence-corrected chi connectivity index (χ2v) is 19.2. The van der Waals surface area contributed by atoms with Crippen LogP contribution in [-0.4, -0.2) is 25.2 Å². The molecule has 0 atom stereocenters. The van der Waals surface area contributed by atoms with Crippen LogP contribution in [0.1, 0.15) is 335 Å². The third-order valence-corrected chi connectivity index (χ3v) is 13.0. The molecule has 0 aliphatic rings. The number of ether oxygens (including phenoxy) is 2. The molecule has 0 saturated heterocycles. The fraction of sp³-hybridized carbons (Fsp3) is 0.964. The molecule has 0 amide bonds. The van der Waals surface area contributed by atoms with Gasteiger partial charge in [0.2, 0.25) is 0 Å². The predicted octanol–water partition coefficient (Wildman–Crippen LogP) is 19.6. The Labute approximate surface area is 377 Å². The minimum absolute atomic E-state index is 0.00901. The summed E-state index contributed by atoms with van der Waals surface area (Å²) in [4.78, 5) is 24.2. The molecule has 4 heteroatoms. The maximum atomic E-state index is 12.1. The zero-order chi connectivity index (χ0) is 43.3. The van der Waals surface area contributed by atoms with Gasteiger partial charge in [0.1, 0.15) is 0 Å². The Morgan fingerprint density at radius 2 is 0.367 bits per heavy atom. The van der Waals surface area contributed by atoms with Crippen molar-refractivity contribution in [1.29, 1.82) is 0 Å². The predicted molar refractivity (Wildman–Crippen MR) is 264 cm³/mol. The third-order valence-electron chi connectivity index (χ3n) is 13.0. The summed E-state index contributed by atoms with van der Waals surface area (Å²) in [5.41, 5.74) is 0. The van der Waals surface area contributed by atoms with Gasteiger partial charge in [0.15, 0.2) is 0 Å². The first-order valence-electron chi connectivity index (χ1n) is 28.0. The molecular weight excluding hydrogens is 737 g/mol. The zero-order valence-corrected chi connectivity index (χ0v) is 41.4. The van der Waals surface area contributed by atoms with Crippen molar-refractivity contribution in [3.05, 3.63) is 0 Å². The van der Waals surface area contributed by atoms with Gasteiger partial charge in [0, 0.05) is 12.8 Å². The molecule has 4 nitrogen and oxygen atoms in total. The minimum atomic E-state index is -0.00901. The van der Waals surface area contributed by atoms with Gasteiger partial charge in [0.05, 0.1) is 13.2 Å². The van der Waals surface area contributed by atoms with E-state index in [4.69, 9.17) is 9.47 Å². The normalized spacial score (nSPS) is 11.4. The molecule has 0 heterocycles.